The second kappa shape index (κ2) is 9.15. The molecular weight excluding hydrogens is 502 g/mol. The lowest BCUT2D eigenvalue weighted by atomic mass is 9.94. The Kier molecular flexibility index (Phi) is 6.08. The molecule has 4 aromatic rings. The van der Waals surface area contributed by atoms with Gasteiger partial charge in [-0.3, -0.25) is 0 Å². The van der Waals surface area contributed by atoms with Crippen LogP contribution in [0.2, 0.25) is 0 Å². The third kappa shape index (κ3) is 4.11. The molecule has 0 bridgehead atoms. The van der Waals surface area contributed by atoms with E-state index >= 15 is 0 Å². The number of aryl methyl sites for hydroxylation is 2. The number of hydrogen-bond donors (Lipinski definition) is 1. The van der Waals surface area contributed by atoms with Crippen molar-refractivity contribution in [3.8, 4) is 16.9 Å². The summed E-state index contributed by atoms with van der Waals surface area (Å²) in [7, 11) is 0. The Morgan fingerprint density at radius 2 is 2.00 bits per heavy atom. The number of ether oxygens (including phenoxy) is 1. The smallest absolute Gasteiger partial charge is 0.341 e. The summed E-state index contributed by atoms with van der Waals surface area (Å²) < 4.78 is 12.4. The van der Waals surface area contributed by atoms with Gasteiger partial charge < -0.3 is 14.3 Å². The Labute approximate surface area is 203 Å². The Morgan fingerprint density at radius 3 is 2.79 bits per heavy atom. The molecule has 168 valence electrons. The minimum atomic E-state index is -0.410. The molecule has 0 aliphatic heterocycles. The summed E-state index contributed by atoms with van der Waals surface area (Å²) in [5.41, 5.74) is 4.65. The number of halogens is 1. The fraction of sp³-hybridized carbons (Fsp3) is 0.231. The molecule has 1 N–H and O–H groups in total. The maximum Gasteiger partial charge on any atom is 0.341 e. The van der Waals surface area contributed by atoms with Gasteiger partial charge >= 0.3 is 5.97 Å². The molecule has 5 rings (SSSR count). The van der Waals surface area contributed by atoms with E-state index in [1.807, 2.05) is 29.6 Å². The first-order chi connectivity index (χ1) is 16.1. The third-order valence-corrected chi connectivity index (χ3v) is 7.27. The predicted molar refractivity (Wildman–Crippen MR) is 135 cm³/mol. The van der Waals surface area contributed by atoms with Crippen molar-refractivity contribution in [2.75, 3.05) is 6.61 Å². The highest BCUT2D eigenvalue weighted by Crippen LogP contribution is 2.40. The molecule has 2 aromatic heterocycles. The molecule has 1 aliphatic carbocycles. The van der Waals surface area contributed by atoms with Crippen LogP contribution in [0, 0.1) is 0 Å². The molecule has 0 saturated heterocycles. The number of carbonyl (C=O) groups excluding carboxylic acids is 1. The number of esters is 1. The van der Waals surface area contributed by atoms with E-state index in [9.17, 15) is 9.90 Å². The molecule has 2 heterocycles. The third-order valence-electron chi connectivity index (χ3n) is 5.85. The summed E-state index contributed by atoms with van der Waals surface area (Å²) in [6.07, 6.45) is 5.69. The number of furan rings is 1. The number of phenols is 1. The average Bonchev–Trinajstić information content (AvgIpc) is 3.41. The van der Waals surface area contributed by atoms with Crippen LogP contribution in [-0.4, -0.2) is 23.9 Å². The molecule has 0 unspecified atom stereocenters. The van der Waals surface area contributed by atoms with E-state index in [0.717, 1.165) is 63.6 Å². The largest absolute Gasteiger partial charge is 0.507 e. The Hall–Kier alpha value is -2.90. The lowest BCUT2D eigenvalue weighted by Gasteiger charge is -2.10. The molecule has 0 amide bonds. The fourth-order valence-electron chi connectivity index (χ4n) is 4.31. The number of thiophene rings is 1. The maximum absolute atomic E-state index is 12.9. The molecule has 5 nitrogen and oxygen atoms in total. The number of carbonyl (C=O) groups is 1. The normalized spacial score (nSPS) is 13.5. The number of phenolic OH excluding ortho intramolecular Hbond substituents is 1. The zero-order valence-electron chi connectivity index (χ0n) is 18.1. The number of hydrogen-bond acceptors (Lipinski definition) is 6. The van der Waals surface area contributed by atoms with Gasteiger partial charge in [0.2, 0.25) is 0 Å². The highest BCUT2D eigenvalue weighted by Gasteiger charge is 2.23. The van der Waals surface area contributed by atoms with E-state index in [0.29, 0.717) is 16.1 Å². The SMILES string of the molecule is CCOC(=O)c1c(-c2ccc(Br)cc2)csc1/N=C/c1c(O)ccc2oc3c(c12)CCCC3. The van der Waals surface area contributed by atoms with Gasteiger partial charge in [0.1, 0.15) is 27.7 Å². The van der Waals surface area contributed by atoms with Gasteiger partial charge in [-0.2, -0.15) is 0 Å². The van der Waals surface area contributed by atoms with Gasteiger partial charge in [-0.25, -0.2) is 9.79 Å². The molecule has 0 fully saturated rings. The van der Waals surface area contributed by atoms with Crippen molar-refractivity contribution >= 4 is 55.4 Å². The molecular formula is C26H22BrNO4S. The van der Waals surface area contributed by atoms with Crippen LogP contribution >= 0.6 is 27.3 Å². The number of rotatable bonds is 5. The standard InChI is InChI=1S/C26H22BrNO4S/c1-2-31-26(30)24-19(15-7-9-16(27)10-8-15)14-33-25(24)28-13-18-20(29)11-12-22-23(18)17-5-3-4-6-21(17)32-22/h7-14,29H,2-6H2,1H3/b28-13+. The van der Waals surface area contributed by atoms with E-state index in [1.54, 1.807) is 25.3 Å². The Balaban J connectivity index is 1.61. The first-order valence-electron chi connectivity index (χ1n) is 10.9. The topological polar surface area (TPSA) is 72.0 Å². The average molecular weight is 524 g/mol. The molecule has 7 heteroatoms. The lowest BCUT2D eigenvalue weighted by molar-refractivity contribution is 0.0529. The van der Waals surface area contributed by atoms with Gasteiger partial charge in [0.15, 0.2) is 0 Å². The van der Waals surface area contributed by atoms with Gasteiger partial charge in [-0.05, 0) is 56.0 Å². The minimum Gasteiger partial charge on any atom is -0.507 e. The van der Waals surface area contributed by atoms with Gasteiger partial charge in [-0.1, -0.05) is 28.1 Å². The second-order valence-corrected chi connectivity index (χ2v) is 9.67. The number of aromatic hydroxyl groups is 1. The highest BCUT2D eigenvalue weighted by atomic mass is 79.9. The summed E-state index contributed by atoms with van der Waals surface area (Å²) in [6, 6.07) is 11.2. The van der Waals surface area contributed by atoms with Crippen molar-refractivity contribution in [2.45, 2.75) is 32.6 Å². The van der Waals surface area contributed by atoms with E-state index in [2.05, 4.69) is 20.9 Å². The molecule has 2 aromatic carbocycles. The van der Waals surface area contributed by atoms with E-state index in [4.69, 9.17) is 9.15 Å². The number of fused-ring (bicyclic) bond motifs is 3. The van der Waals surface area contributed by atoms with Crippen LogP contribution in [0.15, 0.2) is 55.7 Å². The minimum absolute atomic E-state index is 0.141. The van der Waals surface area contributed by atoms with Crippen LogP contribution in [0.3, 0.4) is 0 Å². The second-order valence-electron chi connectivity index (χ2n) is 7.90. The first kappa shape index (κ1) is 21.9. The molecule has 33 heavy (non-hydrogen) atoms. The zero-order valence-corrected chi connectivity index (χ0v) is 20.5. The van der Waals surface area contributed by atoms with Crippen LogP contribution in [0.1, 0.15) is 47.0 Å². The van der Waals surface area contributed by atoms with Crippen LogP contribution in [-0.2, 0) is 17.6 Å². The lowest BCUT2D eigenvalue weighted by Crippen LogP contribution is -2.05. The van der Waals surface area contributed by atoms with Gasteiger partial charge in [0.25, 0.3) is 0 Å². The van der Waals surface area contributed by atoms with E-state index in [1.165, 1.54) is 11.3 Å². The molecule has 0 radical (unpaired) electrons. The first-order valence-corrected chi connectivity index (χ1v) is 12.6. The van der Waals surface area contributed by atoms with E-state index < -0.39 is 5.97 Å². The summed E-state index contributed by atoms with van der Waals surface area (Å²) in [5.74, 6) is 0.729. The van der Waals surface area contributed by atoms with Gasteiger partial charge in [0.05, 0.1) is 6.61 Å². The highest BCUT2D eigenvalue weighted by molar-refractivity contribution is 9.10. The molecule has 0 atom stereocenters. The summed E-state index contributed by atoms with van der Waals surface area (Å²) in [4.78, 5) is 17.5. The van der Waals surface area contributed by atoms with Crippen molar-refractivity contribution in [3.05, 3.63) is 68.7 Å². The van der Waals surface area contributed by atoms with Crippen LogP contribution in [0.5, 0.6) is 5.75 Å². The number of nitrogens with zero attached hydrogens (tertiary/aromatic N) is 1. The monoisotopic (exact) mass is 523 g/mol. The number of benzene rings is 2. The predicted octanol–water partition coefficient (Wildman–Crippen LogP) is 7.44. The van der Waals surface area contributed by atoms with Crippen LogP contribution < -0.4 is 0 Å². The molecule has 0 spiro atoms. The van der Waals surface area contributed by atoms with Crippen LogP contribution in [0.4, 0.5) is 5.00 Å². The van der Waals surface area contributed by atoms with Crippen molar-refractivity contribution in [2.24, 2.45) is 4.99 Å². The van der Waals surface area contributed by atoms with Gasteiger partial charge in [-0.15, -0.1) is 11.3 Å². The van der Waals surface area contributed by atoms with Crippen molar-refractivity contribution in [1.82, 2.24) is 0 Å². The number of aliphatic imine (C=N–C) groups is 1. The summed E-state index contributed by atoms with van der Waals surface area (Å²) >= 11 is 4.83. The molecule has 0 saturated carbocycles. The maximum atomic E-state index is 12.9. The van der Waals surface area contributed by atoms with Crippen molar-refractivity contribution in [1.29, 1.82) is 0 Å². The van der Waals surface area contributed by atoms with Crippen molar-refractivity contribution < 1.29 is 19.1 Å². The van der Waals surface area contributed by atoms with Crippen molar-refractivity contribution in [3.63, 3.8) is 0 Å². The Bertz CT molecular complexity index is 1370. The zero-order chi connectivity index (χ0) is 22.9. The Morgan fingerprint density at radius 1 is 1.21 bits per heavy atom. The van der Waals surface area contributed by atoms with Gasteiger partial charge in [0, 0.05) is 44.6 Å². The summed E-state index contributed by atoms with van der Waals surface area (Å²) in [5, 5.41) is 14.0. The van der Waals surface area contributed by atoms with Crippen LogP contribution in [0.25, 0.3) is 22.1 Å². The summed E-state index contributed by atoms with van der Waals surface area (Å²) in [6.45, 7) is 2.06. The fourth-order valence-corrected chi connectivity index (χ4v) is 5.48. The molecule has 1 aliphatic rings. The quantitative estimate of drug-likeness (QED) is 0.218. The van der Waals surface area contributed by atoms with E-state index in [-0.39, 0.29) is 12.4 Å².